The van der Waals surface area contributed by atoms with E-state index in [1.165, 1.54) is 10.5 Å². The number of imide groups is 1. The molecule has 1 saturated heterocycles. The molecule has 4 nitrogen and oxygen atoms in total. The van der Waals surface area contributed by atoms with Crippen LogP contribution in [0.5, 0.6) is 0 Å². The lowest BCUT2D eigenvalue weighted by Crippen LogP contribution is -2.38. The average Bonchev–Trinajstić information content (AvgIpc) is 2.72. The topological polar surface area (TPSA) is 49.4 Å². The van der Waals surface area contributed by atoms with Gasteiger partial charge in [-0.15, -0.1) is 0 Å². The first-order chi connectivity index (χ1) is 10.1. The quantitative estimate of drug-likeness (QED) is 0.817. The summed E-state index contributed by atoms with van der Waals surface area (Å²) in [5, 5.41) is 3.21. The second kappa shape index (κ2) is 6.85. The van der Waals surface area contributed by atoms with Crippen LogP contribution in [0.2, 0.25) is 0 Å². The summed E-state index contributed by atoms with van der Waals surface area (Å²) in [6, 6.07) is 8.40. The van der Waals surface area contributed by atoms with Gasteiger partial charge in [-0.1, -0.05) is 44.5 Å². The van der Waals surface area contributed by atoms with Gasteiger partial charge in [0.25, 0.3) is 0 Å². The summed E-state index contributed by atoms with van der Waals surface area (Å²) in [5.41, 5.74) is 2.43. The molecule has 114 valence electrons. The Labute approximate surface area is 126 Å². The first kappa shape index (κ1) is 15.7. The molecule has 1 heterocycles. The van der Waals surface area contributed by atoms with Crippen LogP contribution in [-0.2, 0) is 16.0 Å². The van der Waals surface area contributed by atoms with E-state index < -0.39 is 0 Å². The Kier molecular flexibility index (Phi) is 5.12. The van der Waals surface area contributed by atoms with Crippen molar-refractivity contribution in [3.05, 3.63) is 35.4 Å². The SMILES string of the molecule is CCCc1ccc(C(CN2C(=O)CC(C)C2=O)NC)cc1. The van der Waals surface area contributed by atoms with Gasteiger partial charge in [0.1, 0.15) is 0 Å². The lowest BCUT2D eigenvalue weighted by Gasteiger charge is -2.23. The second-order valence-electron chi connectivity index (χ2n) is 5.78. The minimum absolute atomic E-state index is 0.0149. The number of hydrogen-bond acceptors (Lipinski definition) is 3. The van der Waals surface area contributed by atoms with Crippen molar-refractivity contribution in [3.8, 4) is 0 Å². The van der Waals surface area contributed by atoms with Crippen LogP contribution in [0.3, 0.4) is 0 Å². The monoisotopic (exact) mass is 288 g/mol. The second-order valence-corrected chi connectivity index (χ2v) is 5.78. The number of nitrogens with zero attached hydrogens (tertiary/aromatic N) is 1. The maximum absolute atomic E-state index is 12.0. The number of benzene rings is 1. The van der Waals surface area contributed by atoms with Crippen LogP contribution in [0.15, 0.2) is 24.3 Å². The zero-order valence-electron chi connectivity index (χ0n) is 13.1. The third-order valence-electron chi connectivity index (χ3n) is 4.10. The number of hydrogen-bond donors (Lipinski definition) is 1. The van der Waals surface area contributed by atoms with Crippen molar-refractivity contribution in [2.24, 2.45) is 5.92 Å². The smallest absolute Gasteiger partial charge is 0.232 e. The van der Waals surface area contributed by atoms with E-state index in [0.717, 1.165) is 18.4 Å². The highest BCUT2D eigenvalue weighted by molar-refractivity contribution is 6.03. The molecule has 0 saturated carbocycles. The number of aryl methyl sites for hydroxylation is 1. The maximum Gasteiger partial charge on any atom is 0.232 e. The van der Waals surface area contributed by atoms with Crippen molar-refractivity contribution in [2.75, 3.05) is 13.6 Å². The van der Waals surface area contributed by atoms with Crippen molar-refractivity contribution in [1.82, 2.24) is 10.2 Å². The number of carbonyl (C=O) groups is 2. The fourth-order valence-electron chi connectivity index (χ4n) is 2.79. The largest absolute Gasteiger partial charge is 0.312 e. The molecule has 0 spiro atoms. The molecule has 0 aliphatic carbocycles. The molecule has 1 fully saturated rings. The molecule has 1 N–H and O–H groups in total. The van der Waals surface area contributed by atoms with E-state index in [9.17, 15) is 9.59 Å². The molecule has 1 aromatic carbocycles. The third-order valence-corrected chi connectivity index (χ3v) is 4.10. The number of likely N-dealkylation sites (N-methyl/N-ethyl adjacent to an activating group) is 1. The summed E-state index contributed by atoms with van der Waals surface area (Å²) in [6.45, 7) is 4.38. The molecule has 2 amide bonds. The Morgan fingerprint density at radius 3 is 2.43 bits per heavy atom. The Hall–Kier alpha value is -1.68. The van der Waals surface area contributed by atoms with Crippen molar-refractivity contribution in [3.63, 3.8) is 0 Å². The molecule has 2 unspecified atom stereocenters. The molecular formula is C17H24N2O2. The van der Waals surface area contributed by atoms with Gasteiger partial charge in [0.2, 0.25) is 11.8 Å². The van der Waals surface area contributed by atoms with Gasteiger partial charge in [0, 0.05) is 18.9 Å². The normalized spacial score (nSPS) is 20.1. The number of rotatable bonds is 6. The lowest BCUT2D eigenvalue weighted by molar-refractivity contribution is -0.139. The van der Waals surface area contributed by atoms with Gasteiger partial charge < -0.3 is 5.32 Å². The minimum atomic E-state index is -0.179. The van der Waals surface area contributed by atoms with Gasteiger partial charge in [-0.05, 0) is 24.6 Å². The molecule has 0 bridgehead atoms. The number of likely N-dealkylation sites (tertiary alicyclic amines) is 1. The van der Waals surface area contributed by atoms with Crippen molar-refractivity contribution in [2.45, 2.75) is 39.2 Å². The first-order valence-corrected chi connectivity index (χ1v) is 7.67. The van der Waals surface area contributed by atoms with Gasteiger partial charge in [0.05, 0.1) is 6.04 Å². The molecule has 0 radical (unpaired) electrons. The van der Waals surface area contributed by atoms with E-state index in [2.05, 4.69) is 36.5 Å². The summed E-state index contributed by atoms with van der Waals surface area (Å²) in [4.78, 5) is 25.3. The van der Waals surface area contributed by atoms with Gasteiger partial charge in [0.15, 0.2) is 0 Å². The molecule has 21 heavy (non-hydrogen) atoms. The Balaban J connectivity index is 2.09. The molecule has 1 aromatic rings. The summed E-state index contributed by atoms with van der Waals surface area (Å²) < 4.78 is 0. The van der Waals surface area contributed by atoms with E-state index in [1.807, 2.05) is 14.0 Å². The molecule has 4 heteroatoms. The Bertz CT molecular complexity index is 510. The summed E-state index contributed by atoms with van der Waals surface area (Å²) in [6.07, 6.45) is 2.54. The highest BCUT2D eigenvalue weighted by atomic mass is 16.2. The third kappa shape index (κ3) is 3.50. The van der Waals surface area contributed by atoms with Crippen LogP contribution >= 0.6 is 0 Å². The van der Waals surface area contributed by atoms with Gasteiger partial charge in [-0.25, -0.2) is 0 Å². The van der Waals surface area contributed by atoms with E-state index in [4.69, 9.17) is 0 Å². The fourth-order valence-corrected chi connectivity index (χ4v) is 2.79. The van der Waals surface area contributed by atoms with Crippen molar-refractivity contribution < 1.29 is 9.59 Å². The van der Waals surface area contributed by atoms with Crippen molar-refractivity contribution in [1.29, 1.82) is 0 Å². The van der Waals surface area contributed by atoms with Crippen LogP contribution in [0.1, 0.15) is 43.9 Å². The zero-order valence-corrected chi connectivity index (χ0v) is 13.1. The standard InChI is InChI=1S/C17H24N2O2/c1-4-5-13-6-8-14(9-7-13)15(18-3)11-19-16(20)10-12(2)17(19)21/h6-9,12,15,18H,4-5,10-11H2,1-3H3. The van der Waals surface area contributed by atoms with E-state index in [0.29, 0.717) is 13.0 Å². The predicted molar refractivity (Wildman–Crippen MR) is 82.7 cm³/mol. The summed E-state index contributed by atoms with van der Waals surface area (Å²) >= 11 is 0. The lowest BCUT2D eigenvalue weighted by atomic mass is 10.0. The predicted octanol–water partition coefficient (Wildman–Crippen LogP) is 2.29. The molecule has 1 aliphatic rings. The van der Waals surface area contributed by atoms with E-state index in [1.54, 1.807) is 0 Å². The Morgan fingerprint density at radius 2 is 1.95 bits per heavy atom. The van der Waals surface area contributed by atoms with Crippen LogP contribution in [-0.4, -0.2) is 30.3 Å². The van der Waals surface area contributed by atoms with Crippen LogP contribution in [0.25, 0.3) is 0 Å². The number of nitrogens with one attached hydrogen (secondary N) is 1. The molecule has 0 aromatic heterocycles. The Morgan fingerprint density at radius 1 is 1.29 bits per heavy atom. The van der Waals surface area contributed by atoms with Crippen LogP contribution in [0, 0.1) is 5.92 Å². The highest BCUT2D eigenvalue weighted by Crippen LogP contribution is 2.23. The van der Waals surface area contributed by atoms with Crippen LogP contribution in [0.4, 0.5) is 0 Å². The van der Waals surface area contributed by atoms with Gasteiger partial charge in [-0.3, -0.25) is 14.5 Å². The van der Waals surface area contributed by atoms with Gasteiger partial charge in [-0.2, -0.15) is 0 Å². The average molecular weight is 288 g/mol. The summed E-state index contributed by atoms with van der Waals surface area (Å²) in [5.74, 6) is -0.292. The first-order valence-electron chi connectivity index (χ1n) is 7.67. The zero-order chi connectivity index (χ0) is 15.4. The van der Waals surface area contributed by atoms with Crippen molar-refractivity contribution >= 4 is 11.8 Å². The van der Waals surface area contributed by atoms with Crippen LogP contribution < -0.4 is 5.32 Å². The summed E-state index contributed by atoms with van der Waals surface area (Å²) in [7, 11) is 1.86. The van der Waals surface area contributed by atoms with Gasteiger partial charge >= 0.3 is 0 Å². The molecular weight excluding hydrogens is 264 g/mol. The highest BCUT2D eigenvalue weighted by Gasteiger charge is 2.36. The molecule has 2 rings (SSSR count). The molecule has 1 aliphatic heterocycles. The number of carbonyl (C=O) groups excluding carboxylic acids is 2. The fraction of sp³-hybridized carbons (Fsp3) is 0.529. The van der Waals surface area contributed by atoms with E-state index in [-0.39, 0.29) is 23.8 Å². The minimum Gasteiger partial charge on any atom is -0.312 e. The molecule has 2 atom stereocenters. The van der Waals surface area contributed by atoms with E-state index >= 15 is 0 Å². The maximum atomic E-state index is 12.0. The number of amides is 2.